The van der Waals surface area contributed by atoms with Crippen LogP contribution in [0.1, 0.15) is 28.8 Å². The number of carbonyl (C=O) groups is 1. The summed E-state index contributed by atoms with van der Waals surface area (Å²) in [5.41, 5.74) is 0.892. The molecule has 1 aliphatic rings. The molecule has 0 atom stereocenters. The Balaban J connectivity index is 0.00000288. The van der Waals surface area contributed by atoms with Gasteiger partial charge in [-0.3, -0.25) is 4.79 Å². The van der Waals surface area contributed by atoms with E-state index in [2.05, 4.69) is 5.32 Å². The molecule has 0 radical (unpaired) electrons. The molecule has 24 heavy (non-hydrogen) atoms. The van der Waals surface area contributed by atoms with Crippen molar-refractivity contribution in [2.75, 3.05) is 40.5 Å². The summed E-state index contributed by atoms with van der Waals surface area (Å²) >= 11 is 0. The molecule has 1 aromatic carbocycles. The smallest absolute Gasteiger partial charge is 0.253 e. The predicted octanol–water partition coefficient (Wildman–Crippen LogP) is 2.23. The molecule has 0 saturated carbocycles. The fourth-order valence-electron chi connectivity index (χ4n) is 2.71. The van der Waals surface area contributed by atoms with Gasteiger partial charge in [0.1, 0.15) is 5.82 Å². The van der Waals surface area contributed by atoms with Crippen LogP contribution in [0.4, 0.5) is 4.39 Å². The highest BCUT2D eigenvalue weighted by Crippen LogP contribution is 2.17. The van der Waals surface area contributed by atoms with Crippen LogP contribution >= 0.6 is 12.4 Å². The van der Waals surface area contributed by atoms with E-state index in [1.165, 1.54) is 12.1 Å². The zero-order valence-corrected chi connectivity index (χ0v) is 15.0. The van der Waals surface area contributed by atoms with Gasteiger partial charge in [-0.05, 0) is 44.1 Å². The molecule has 5 nitrogen and oxygen atoms in total. The van der Waals surface area contributed by atoms with Crippen molar-refractivity contribution >= 4 is 18.3 Å². The second kappa shape index (κ2) is 10.6. The molecule has 0 spiro atoms. The van der Waals surface area contributed by atoms with E-state index in [1.807, 2.05) is 7.05 Å². The van der Waals surface area contributed by atoms with Crippen LogP contribution < -0.4 is 5.32 Å². The van der Waals surface area contributed by atoms with Crippen LogP contribution in [0.3, 0.4) is 0 Å². The number of benzene rings is 1. The molecule has 1 N–H and O–H groups in total. The van der Waals surface area contributed by atoms with E-state index in [-0.39, 0.29) is 36.8 Å². The van der Waals surface area contributed by atoms with E-state index in [9.17, 15) is 9.18 Å². The highest BCUT2D eigenvalue weighted by Gasteiger charge is 2.23. The fraction of sp³-hybridized carbons (Fsp3) is 0.588. The van der Waals surface area contributed by atoms with Gasteiger partial charge in [-0.25, -0.2) is 4.39 Å². The van der Waals surface area contributed by atoms with Crippen LogP contribution in [0.5, 0.6) is 0 Å². The van der Waals surface area contributed by atoms with Crippen molar-refractivity contribution in [1.82, 2.24) is 10.2 Å². The number of hydrogen-bond donors (Lipinski definition) is 1. The standard InChI is InChI=1S/C17H25FN2O3.ClH/c1-20(15-5-7-19-8-6-15)17(21)13-3-4-16(18)14(11-13)12-23-10-9-22-2;/h3-4,11,15,19H,5-10,12H2,1-2H3;1H. The molecule has 2 rings (SSSR count). The van der Waals surface area contributed by atoms with Gasteiger partial charge in [0.05, 0.1) is 19.8 Å². The molecule has 136 valence electrons. The minimum atomic E-state index is -0.358. The summed E-state index contributed by atoms with van der Waals surface area (Å²) in [6, 6.07) is 4.68. The van der Waals surface area contributed by atoms with Crippen LogP contribution in [0, 0.1) is 5.82 Å². The first-order chi connectivity index (χ1) is 11.1. The second-order valence-corrected chi connectivity index (χ2v) is 5.75. The summed E-state index contributed by atoms with van der Waals surface area (Å²) in [5, 5.41) is 3.28. The Morgan fingerprint density at radius 2 is 2.04 bits per heavy atom. The maximum absolute atomic E-state index is 13.9. The van der Waals surface area contributed by atoms with E-state index in [1.54, 1.807) is 18.1 Å². The zero-order chi connectivity index (χ0) is 16.7. The first-order valence-corrected chi connectivity index (χ1v) is 7.96. The van der Waals surface area contributed by atoms with Gasteiger partial charge in [0.15, 0.2) is 0 Å². The topological polar surface area (TPSA) is 50.8 Å². The van der Waals surface area contributed by atoms with E-state index >= 15 is 0 Å². The fourth-order valence-corrected chi connectivity index (χ4v) is 2.71. The third-order valence-corrected chi connectivity index (χ3v) is 4.16. The van der Waals surface area contributed by atoms with Crippen molar-refractivity contribution in [3.05, 3.63) is 35.1 Å². The average molecular weight is 361 g/mol. The van der Waals surface area contributed by atoms with Crippen molar-refractivity contribution in [2.24, 2.45) is 0 Å². The largest absolute Gasteiger partial charge is 0.382 e. The van der Waals surface area contributed by atoms with Gasteiger partial charge in [0.25, 0.3) is 5.91 Å². The molecule has 1 amide bonds. The molecule has 1 aromatic rings. The van der Waals surface area contributed by atoms with Crippen LogP contribution in [0.2, 0.25) is 0 Å². The van der Waals surface area contributed by atoms with Gasteiger partial charge in [0, 0.05) is 31.3 Å². The lowest BCUT2D eigenvalue weighted by Crippen LogP contribution is -2.44. The van der Waals surface area contributed by atoms with Crippen molar-refractivity contribution in [3.8, 4) is 0 Å². The normalized spacial score (nSPS) is 15.0. The predicted molar refractivity (Wildman–Crippen MR) is 93.2 cm³/mol. The van der Waals surface area contributed by atoms with E-state index in [4.69, 9.17) is 9.47 Å². The molecule has 0 aromatic heterocycles. The first-order valence-electron chi connectivity index (χ1n) is 7.96. The summed E-state index contributed by atoms with van der Waals surface area (Å²) in [6.45, 7) is 2.82. The maximum Gasteiger partial charge on any atom is 0.253 e. The summed E-state index contributed by atoms with van der Waals surface area (Å²) < 4.78 is 24.1. The van der Waals surface area contributed by atoms with Gasteiger partial charge in [0.2, 0.25) is 0 Å². The molecular formula is C17H26ClFN2O3. The van der Waals surface area contributed by atoms with Crippen molar-refractivity contribution in [3.63, 3.8) is 0 Å². The van der Waals surface area contributed by atoms with E-state index in [0.717, 1.165) is 25.9 Å². The molecule has 0 unspecified atom stereocenters. The van der Waals surface area contributed by atoms with Crippen LogP contribution in [0.15, 0.2) is 18.2 Å². The summed E-state index contributed by atoms with van der Waals surface area (Å²) in [5.74, 6) is -0.432. The number of amides is 1. The average Bonchev–Trinajstić information content (AvgIpc) is 2.59. The Labute approximate surface area is 148 Å². The van der Waals surface area contributed by atoms with Gasteiger partial charge in [-0.2, -0.15) is 0 Å². The summed E-state index contributed by atoms with van der Waals surface area (Å²) in [6.07, 6.45) is 1.88. The van der Waals surface area contributed by atoms with Gasteiger partial charge < -0.3 is 19.7 Å². The second-order valence-electron chi connectivity index (χ2n) is 5.75. The SMILES string of the molecule is COCCOCc1cc(C(=O)N(C)C2CCNCC2)ccc1F.Cl. The number of halogens is 2. The number of methoxy groups -OCH3 is 1. The third-order valence-electron chi connectivity index (χ3n) is 4.16. The van der Waals surface area contributed by atoms with Crippen molar-refractivity contribution < 1.29 is 18.7 Å². The van der Waals surface area contributed by atoms with Crippen molar-refractivity contribution in [1.29, 1.82) is 0 Å². The number of carbonyl (C=O) groups excluding carboxylic acids is 1. The van der Waals surface area contributed by atoms with Gasteiger partial charge in [-0.15, -0.1) is 12.4 Å². The molecule has 1 heterocycles. The van der Waals surface area contributed by atoms with Crippen LogP contribution in [-0.4, -0.2) is 57.3 Å². The number of nitrogens with one attached hydrogen (secondary N) is 1. The van der Waals surface area contributed by atoms with Crippen LogP contribution in [-0.2, 0) is 16.1 Å². The third kappa shape index (κ3) is 5.70. The van der Waals surface area contributed by atoms with E-state index < -0.39 is 0 Å². The minimum Gasteiger partial charge on any atom is -0.382 e. The Morgan fingerprint density at radius 1 is 1.33 bits per heavy atom. The lowest BCUT2D eigenvalue weighted by molar-refractivity contribution is 0.0602. The summed E-state index contributed by atoms with van der Waals surface area (Å²) in [7, 11) is 3.40. The molecule has 1 aliphatic heterocycles. The Kier molecular flexibility index (Phi) is 9.21. The number of hydrogen-bond acceptors (Lipinski definition) is 4. The summed E-state index contributed by atoms with van der Waals surface area (Å²) in [4.78, 5) is 14.4. The highest BCUT2D eigenvalue weighted by atomic mass is 35.5. The number of nitrogens with zero attached hydrogens (tertiary/aromatic N) is 1. The lowest BCUT2D eigenvalue weighted by Gasteiger charge is -2.31. The Hall–Kier alpha value is -1.21. The molecule has 1 saturated heterocycles. The molecule has 0 bridgehead atoms. The number of rotatable bonds is 7. The zero-order valence-electron chi connectivity index (χ0n) is 14.2. The Morgan fingerprint density at radius 3 is 2.71 bits per heavy atom. The number of ether oxygens (including phenoxy) is 2. The van der Waals surface area contributed by atoms with Gasteiger partial charge >= 0.3 is 0 Å². The molecule has 0 aliphatic carbocycles. The molecule has 7 heteroatoms. The molecular weight excluding hydrogens is 335 g/mol. The Bertz CT molecular complexity index is 525. The lowest BCUT2D eigenvalue weighted by atomic mass is 10.0. The maximum atomic E-state index is 13.9. The van der Waals surface area contributed by atoms with E-state index in [0.29, 0.717) is 24.3 Å². The van der Waals surface area contributed by atoms with Gasteiger partial charge in [-0.1, -0.05) is 0 Å². The minimum absolute atomic E-state index is 0. The van der Waals surface area contributed by atoms with Crippen LogP contribution in [0.25, 0.3) is 0 Å². The number of piperidine rings is 1. The molecule has 1 fully saturated rings. The highest BCUT2D eigenvalue weighted by molar-refractivity contribution is 5.94. The monoisotopic (exact) mass is 360 g/mol. The van der Waals surface area contributed by atoms with Crippen molar-refractivity contribution in [2.45, 2.75) is 25.5 Å². The first kappa shape index (κ1) is 20.8. The quantitative estimate of drug-likeness (QED) is 0.758.